The molecule has 0 radical (unpaired) electrons. The molecule has 3 rings (SSSR count). The smallest absolute Gasteiger partial charge is 0.0933 e. The van der Waals surface area contributed by atoms with Crippen molar-refractivity contribution in [2.75, 3.05) is 0 Å². The van der Waals surface area contributed by atoms with Crippen LogP contribution in [-0.2, 0) is 49.8 Å². The Kier molecular flexibility index (Phi) is 81.0. The average molecular weight is 1490 g/mol. The van der Waals surface area contributed by atoms with Crippen LogP contribution >= 0.6 is 0 Å². The Morgan fingerprint density at radius 1 is 0.300 bits per heavy atom. The number of H-pyrrole nitrogens is 3. The second-order valence-corrected chi connectivity index (χ2v) is 25.8. The van der Waals surface area contributed by atoms with Crippen LogP contribution in [-0.4, -0.2) is 99.4 Å². The number of imidazole rings is 3. The van der Waals surface area contributed by atoms with Crippen molar-refractivity contribution < 1.29 is 95.8 Å². The normalized spacial score (nSPS) is 11.7. The van der Waals surface area contributed by atoms with Gasteiger partial charge in [0, 0.05) is 21.1 Å². The minimum atomic E-state index is -1.34. The molecule has 0 amide bonds. The van der Waals surface area contributed by atoms with Crippen LogP contribution in [0.3, 0.4) is 0 Å². The van der Waals surface area contributed by atoms with Gasteiger partial charge in [0.15, 0.2) is 0 Å². The van der Waals surface area contributed by atoms with Crippen molar-refractivity contribution in [3.63, 3.8) is 0 Å². The standard InChI is InChI=1S/3C20H40O3.3C6H6N2O2.Mo/c3*1-2-3-4-5-6-7-8-9-10-11-12-13-14-15-16-17-18-19(21)20(22)23;3*9-6(10)2-1-5-3-7-4-8-5;/h3*19,21H,2-18H2,1H3,(H,22,23);3*1-4H,(H,7,8)(H,9,10);/p-6. The predicted molar refractivity (Wildman–Crippen MR) is 383 cm³/mol. The Morgan fingerprint density at radius 3 is 0.570 bits per heavy atom. The molecule has 3 heterocycles. The van der Waals surface area contributed by atoms with E-state index in [4.69, 9.17) is 15.3 Å². The van der Waals surface area contributed by atoms with E-state index in [0.717, 1.165) is 76.0 Å². The van der Waals surface area contributed by atoms with Crippen molar-refractivity contribution >= 4 is 54.0 Å². The van der Waals surface area contributed by atoms with Gasteiger partial charge < -0.3 is 89.7 Å². The first-order valence-corrected chi connectivity index (χ1v) is 38.2. The Morgan fingerprint density at radius 2 is 0.450 bits per heavy atom. The van der Waals surface area contributed by atoms with Crippen molar-refractivity contribution in [1.82, 2.24) is 29.9 Å². The van der Waals surface area contributed by atoms with Gasteiger partial charge in [0.25, 0.3) is 0 Å². The Hall–Kier alpha value is -5.76. The minimum absolute atomic E-state index is 0. The van der Waals surface area contributed by atoms with Crippen LogP contribution < -0.4 is 30.6 Å². The van der Waals surface area contributed by atoms with Gasteiger partial charge in [0.05, 0.1) is 109 Å². The molecular weight excluding hydrogens is 1360 g/mol. The molecule has 0 bridgehead atoms. The van der Waals surface area contributed by atoms with Crippen LogP contribution in [0.1, 0.15) is 365 Å². The first kappa shape index (κ1) is 101. The predicted octanol–water partition coefficient (Wildman–Crippen LogP) is 11.8. The van der Waals surface area contributed by atoms with E-state index in [2.05, 4.69) is 50.7 Å². The summed E-state index contributed by atoms with van der Waals surface area (Å²) in [5, 5.41) is 87.8. The summed E-state index contributed by atoms with van der Waals surface area (Å²) in [5.41, 5.74) is 1.93. The summed E-state index contributed by atoms with van der Waals surface area (Å²) in [4.78, 5) is 79.7. The fraction of sp³-hybridized carbons (Fsp3) is 0.731. The van der Waals surface area contributed by atoms with Crippen LogP contribution in [0.15, 0.2) is 55.8 Å². The second-order valence-electron chi connectivity index (χ2n) is 25.8. The van der Waals surface area contributed by atoms with Gasteiger partial charge >= 0.3 is 0 Å². The Bertz CT molecular complexity index is 2070. The Labute approximate surface area is 615 Å². The molecular formula is C78H132MoN6O15-6. The van der Waals surface area contributed by atoms with Crippen LogP contribution in [0.25, 0.3) is 18.2 Å². The first-order chi connectivity index (χ1) is 47.9. The molecule has 0 spiro atoms. The molecule has 0 saturated heterocycles. The van der Waals surface area contributed by atoms with Gasteiger partial charge in [0.1, 0.15) is 0 Å². The summed E-state index contributed by atoms with van der Waals surface area (Å²) in [6.07, 6.45) is 75.4. The summed E-state index contributed by atoms with van der Waals surface area (Å²) < 4.78 is 0. The first-order valence-electron chi connectivity index (χ1n) is 38.2. The van der Waals surface area contributed by atoms with Crippen LogP contribution in [0.4, 0.5) is 0 Å². The minimum Gasteiger partial charge on any atom is -0.547 e. The van der Waals surface area contributed by atoms with Crippen molar-refractivity contribution in [1.29, 1.82) is 0 Å². The van der Waals surface area contributed by atoms with Gasteiger partial charge in [0.2, 0.25) is 0 Å². The maximum atomic E-state index is 10.3. The number of carboxylic acids is 6. The van der Waals surface area contributed by atoms with Gasteiger partial charge in [-0.3, -0.25) is 0 Å². The van der Waals surface area contributed by atoms with Crippen molar-refractivity contribution in [3.05, 3.63) is 72.9 Å². The number of aromatic amines is 3. The third kappa shape index (κ3) is 82.9. The third-order valence-electron chi connectivity index (χ3n) is 16.6. The molecule has 0 fully saturated rings. The molecule has 100 heavy (non-hydrogen) atoms. The van der Waals surface area contributed by atoms with Gasteiger partial charge in [-0.15, -0.1) is 0 Å². The molecule has 576 valence electrons. The van der Waals surface area contributed by atoms with E-state index in [1.807, 2.05) is 0 Å². The van der Waals surface area contributed by atoms with Crippen LogP contribution in [0.2, 0.25) is 0 Å². The molecule has 0 saturated carbocycles. The van der Waals surface area contributed by atoms with Crippen molar-refractivity contribution in [2.24, 2.45) is 0 Å². The number of carbonyl (C=O) groups excluding carboxylic acids is 6. The summed E-state index contributed by atoms with van der Waals surface area (Å²) in [7, 11) is 0. The molecule has 21 nitrogen and oxygen atoms in total. The van der Waals surface area contributed by atoms with Gasteiger partial charge in [-0.25, -0.2) is 15.0 Å². The van der Waals surface area contributed by atoms with Crippen molar-refractivity contribution in [2.45, 2.75) is 367 Å². The summed E-state index contributed by atoms with van der Waals surface area (Å²) in [6.45, 7) is 6.80. The molecule has 3 aromatic rings. The average Bonchev–Trinajstić information content (AvgIpc) is 2.71. The third-order valence-corrected chi connectivity index (χ3v) is 16.6. The van der Waals surface area contributed by atoms with E-state index in [1.54, 1.807) is 0 Å². The maximum absolute atomic E-state index is 10.3. The molecule has 0 aliphatic rings. The van der Waals surface area contributed by atoms with Crippen molar-refractivity contribution in [3.8, 4) is 0 Å². The molecule has 3 unspecified atom stereocenters. The monoisotopic (exact) mass is 1490 g/mol. The SMILES string of the molecule is CCCCCCCCCCCCCCCCCCC(O)C(=O)[O-].CCCCCCCCCCCCCCCCCCC(O)C(=O)[O-].CCCCCCCCCCCCCCCCCCC(O)C(=O)[O-].O=C([O-])C=Cc1cnc[nH]1.O=C([O-])C=Cc1cnc[nH]1.O=C([O-])C=Cc1cnc[nH]1.[Mo]. The quantitative estimate of drug-likeness (QED) is 0.0174. The summed E-state index contributed by atoms with van der Waals surface area (Å²) >= 11 is 0. The van der Waals surface area contributed by atoms with E-state index in [-0.39, 0.29) is 21.1 Å². The molecule has 0 aromatic carbocycles. The van der Waals surface area contributed by atoms with E-state index in [9.17, 15) is 59.4 Å². The number of hydrogen-bond acceptors (Lipinski definition) is 18. The molecule has 6 N–H and O–H groups in total. The van der Waals surface area contributed by atoms with Gasteiger partial charge in [-0.1, -0.05) is 329 Å². The molecule has 22 heteroatoms. The number of aliphatic carboxylic acids is 6. The second kappa shape index (κ2) is 80.5. The van der Waals surface area contributed by atoms with E-state index in [0.29, 0.717) is 36.3 Å². The van der Waals surface area contributed by atoms with E-state index >= 15 is 0 Å². The van der Waals surface area contributed by atoms with Crippen LogP contribution in [0, 0.1) is 0 Å². The number of aliphatic hydroxyl groups is 3. The number of carboxylic acid groups (broad SMARTS) is 6. The maximum Gasteiger partial charge on any atom is 0.0933 e. The zero-order chi connectivity index (χ0) is 73.7. The fourth-order valence-corrected chi connectivity index (χ4v) is 10.6. The van der Waals surface area contributed by atoms with E-state index < -0.39 is 54.1 Å². The number of unbranched alkanes of at least 4 members (excludes halogenated alkanes) is 45. The zero-order valence-electron chi connectivity index (χ0n) is 61.7. The fourth-order valence-electron chi connectivity index (χ4n) is 10.6. The number of rotatable bonds is 60. The number of nitrogens with zero attached hydrogens (tertiary/aromatic N) is 3. The summed E-state index contributed by atoms with van der Waals surface area (Å²) in [5.74, 6) is -7.67. The molecule has 3 aromatic heterocycles. The van der Waals surface area contributed by atoms with Gasteiger partial charge in [-0.2, -0.15) is 0 Å². The topological polar surface area (TPSA) is 388 Å². The zero-order valence-corrected chi connectivity index (χ0v) is 63.7. The largest absolute Gasteiger partial charge is 0.547 e. The number of aliphatic hydroxyl groups excluding tert-OH is 3. The number of nitrogens with one attached hydrogen (secondary N) is 3. The molecule has 3 atom stereocenters. The molecule has 0 aliphatic carbocycles. The van der Waals surface area contributed by atoms with Gasteiger partial charge in [-0.05, 0) is 55.7 Å². The summed E-state index contributed by atoms with van der Waals surface area (Å²) in [6, 6.07) is 0. The van der Waals surface area contributed by atoms with Crippen LogP contribution in [0.5, 0.6) is 0 Å². The molecule has 0 aliphatic heterocycles. The number of carbonyl (C=O) groups is 6. The number of hydrogen-bond donors (Lipinski definition) is 6. The Balaban J connectivity index is -0.000000571. The number of aromatic nitrogens is 6. The van der Waals surface area contributed by atoms with E-state index in [1.165, 1.54) is 306 Å².